The van der Waals surface area contributed by atoms with Crippen molar-refractivity contribution in [1.82, 2.24) is 14.5 Å². The second-order valence-corrected chi connectivity index (χ2v) is 10.1. The summed E-state index contributed by atoms with van der Waals surface area (Å²) in [6.07, 6.45) is 1.58. The van der Waals surface area contributed by atoms with Crippen LogP contribution in [0.1, 0.15) is 49.9 Å². The maximum atomic E-state index is 13.6. The lowest BCUT2D eigenvalue weighted by molar-refractivity contribution is -0.137. The van der Waals surface area contributed by atoms with Crippen LogP contribution in [0, 0.1) is 11.6 Å². The lowest BCUT2D eigenvalue weighted by atomic mass is 9.95. The molecule has 0 unspecified atom stereocenters. The molecule has 0 fully saturated rings. The minimum Gasteiger partial charge on any atom is -0.481 e. The number of nitrogens with zero attached hydrogens (tertiary/aromatic N) is 4. The Morgan fingerprint density at radius 3 is 2.56 bits per heavy atom. The Morgan fingerprint density at radius 1 is 1.00 bits per heavy atom. The number of unbranched alkanes of at least 4 members (excludes halogenated alkanes) is 1. The van der Waals surface area contributed by atoms with Gasteiger partial charge in [-0.15, -0.1) is 0 Å². The van der Waals surface area contributed by atoms with Gasteiger partial charge in [0.05, 0.1) is 22.3 Å². The Kier molecular flexibility index (Phi) is 6.56. The van der Waals surface area contributed by atoms with E-state index in [1.165, 1.54) is 47.0 Å². The zero-order valence-corrected chi connectivity index (χ0v) is 21.9. The molecular weight excluding hydrogens is 534 g/mol. The van der Waals surface area contributed by atoms with Crippen molar-refractivity contribution in [1.29, 1.82) is 0 Å². The molecule has 2 aromatic heterocycles. The lowest BCUT2D eigenvalue weighted by Crippen LogP contribution is -2.24. The number of hydrogen-bond acceptors (Lipinski definition) is 7. The molecule has 208 valence electrons. The molecule has 3 heterocycles. The van der Waals surface area contributed by atoms with Crippen LogP contribution in [0.5, 0.6) is 0 Å². The highest BCUT2D eigenvalue weighted by Crippen LogP contribution is 2.37. The molecule has 1 aliphatic rings. The molecule has 9 nitrogen and oxygen atoms in total. The average molecular weight is 559 g/mol. The largest absolute Gasteiger partial charge is 0.481 e. The van der Waals surface area contributed by atoms with Gasteiger partial charge in [-0.05, 0) is 68.3 Å². The molecule has 0 bridgehead atoms. The smallest absolute Gasteiger partial charge is 0.303 e. The van der Waals surface area contributed by atoms with E-state index in [2.05, 4.69) is 10.1 Å². The first kappa shape index (κ1) is 26.3. The molecule has 0 amide bonds. The molecule has 0 saturated carbocycles. The molecule has 0 aliphatic carbocycles. The van der Waals surface area contributed by atoms with E-state index < -0.39 is 23.2 Å². The first-order valence-electron chi connectivity index (χ1n) is 13.1. The highest BCUT2D eigenvalue weighted by molar-refractivity contribution is 6.03. The van der Waals surface area contributed by atoms with Gasteiger partial charge in [-0.2, -0.15) is 0 Å². The monoisotopic (exact) mass is 558 g/mol. The number of aromatic nitrogens is 3. The summed E-state index contributed by atoms with van der Waals surface area (Å²) >= 11 is 0. The van der Waals surface area contributed by atoms with E-state index in [-0.39, 0.29) is 17.9 Å². The number of aliphatic carboxylic acids is 1. The van der Waals surface area contributed by atoms with Gasteiger partial charge >= 0.3 is 5.97 Å². The predicted molar refractivity (Wildman–Crippen MR) is 146 cm³/mol. The molecular formula is C30H24F2N4O5. The first-order chi connectivity index (χ1) is 19.7. The van der Waals surface area contributed by atoms with Gasteiger partial charge in [0, 0.05) is 30.9 Å². The summed E-state index contributed by atoms with van der Waals surface area (Å²) in [6, 6.07) is 14.8. The quantitative estimate of drug-likeness (QED) is 0.245. The third kappa shape index (κ3) is 5.06. The zero-order chi connectivity index (χ0) is 28.7. The van der Waals surface area contributed by atoms with E-state index >= 15 is 0 Å². The molecule has 11 heteroatoms. The van der Waals surface area contributed by atoms with Crippen molar-refractivity contribution in [2.75, 3.05) is 0 Å². The molecule has 0 saturated heterocycles. The van der Waals surface area contributed by atoms with Gasteiger partial charge in [0.25, 0.3) is 5.56 Å². The fourth-order valence-corrected chi connectivity index (χ4v) is 4.93. The van der Waals surface area contributed by atoms with Gasteiger partial charge in [-0.3, -0.25) is 14.2 Å². The number of halogens is 2. The number of fused-ring (bicyclic) bond motifs is 2. The van der Waals surface area contributed by atoms with Gasteiger partial charge in [0.2, 0.25) is 11.5 Å². The number of carbonyl (C=O) groups is 1. The van der Waals surface area contributed by atoms with Crippen molar-refractivity contribution in [2.45, 2.75) is 44.6 Å². The minimum absolute atomic E-state index is 0.00608. The Bertz CT molecular complexity index is 1900. The highest BCUT2D eigenvalue weighted by Gasteiger charge is 2.41. The van der Waals surface area contributed by atoms with Crippen LogP contribution in [-0.2, 0) is 21.7 Å². The molecule has 0 spiro atoms. The number of carboxylic acids is 1. The number of oxazole rings is 1. The van der Waals surface area contributed by atoms with Crippen LogP contribution in [0.25, 0.3) is 27.7 Å². The fraction of sp³-hybridized carbons (Fsp3) is 0.233. The highest BCUT2D eigenvalue weighted by atomic mass is 19.1. The van der Waals surface area contributed by atoms with Gasteiger partial charge in [-0.25, -0.2) is 18.7 Å². The number of aryl methyl sites for hydroxylation is 1. The molecule has 1 N–H and O–H groups in total. The number of benzene rings is 3. The molecule has 0 radical (unpaired) electrons. The van der Waals surface area contributed by atoms with Crippen molar-refractivity contribution in [3.63, 3.8) is 0 Å². The third-order valence-electron chi connectivity index (χ3n) is 7.06. The van der Waals surface area contributed by atoms with Gasteiger partial charge in [0.15, 0.2) is 5.58 Å². The van der Waals surface area contributed by atoms with Crippen molar-refractivity contribution in [2.24, 2.45) is 5.16 Å². The Morgan fingerprint density at radius 2 is 1.78 bits per heavy atom. The van der Waals surface area contributed by atoms with Crippen LogP contribution >= 0.6 is 0 Å². The normalized spacial score (nSPS) is 16.7. The Hall–Kier alpha value is -4.93. The summed E-state index contributed by atoms with van der Waals surface area (Å²) < 4.78 is 34.4. The van der Waals surface area contributed by atoms with E-state index in [4.69, 9.17) is 19.3 Å². The number of hydrogen-bond donors (Lipinski definition) is 1. The number of oxime groups is 1. The van der Waals surface area contributed by atoms with E-state index in [0.29, 0.717) is 70.5 Å². The van der Waals surface area contributed by atoms with Gasteiger partial charge in [-0.1, -0.05) is 11.2 Å². The Labute approximate surface area is 231 Å². The molecule has 41 heavy (non-hydrogen) atoms. The van der Waals surface area contributed by atoms with Crippen LogP contribution in [0.4, 0.5) is 8.78 Å². The van der Waals surface area contributed by atoms with Crippen molar-refractivity contribution in [3.05, 3.63) is 99.9 Å². The predicted octanol–water partition coefficient (Wildman–Crippen LogP) is 5.64. The Balaban J connectivity index is 1.34. The van der Waals surface area contributed by atoms with E-state index in [1.54, 1.807) is 25.1 Å². The fourth-order valence-electron chi connectivity index (χ4n) is 4.93. The van der Waals surface area contributed by atoms with Crippen LogP contribution in [0.2, 0.25) is 0 Å². The summed E-state index contributed by atoms with van der Waals surface area (Å²) in [4.78, 5) is 39.6. The van der Waals surface area contributed by atoms with E-state index in [1.807, 2.05) is 0 Å². The summed E-state index contributed by atoms with van der Waals surface area (Å²) in [5, 5.41) is 13.6. The zero-order valence-electron chi connectivity index (χ0n) is 21.9. The number of rotatable bonds is 8. The summed E-state index contributed by atoms with van der Waals surface area (Å²) in [5.41, 5.74) is 1.65. The molecule has 5 aromatic rings. The van der Waals surface area contributed by atoms with Crippen LogP contribution in [-0.4, -0.2) is 31.3 Å². The summed E-state index contributed by atoms with van der Waals surface area (Å²) in [5.74, 6) is -1.06. The van der Waals surface area contributed by atoms with Crippen molar-refractivity contribution in [3.8, 4) is 5.69 Å². The second-order valence-electron chi connectivity index (χ2n) is 10.1. The van der Waals surface area contributed by atoms with Crippen LogP contribution in [0.15, 0.2) is 75.0 Å². The molecule has 1 aliphatic heterocycles. The van der Waals surface area contributed by atoms with Crippen molar-refractivity contribution >= 4 is 33.7 Å². The second kappa shape index (κ2) is 10.2. The number of carboxylic acid groups (broad SMARTS) is 1. The van der Waals surface area contributed by atoms with E-state index in [0.717, 1.165) is 0 Å². The molecule has 1 atom stereocenters. The maximum absolute atomic E-state index is 13.6. The summed E-state index contributed by atoms with van der Waals surface area (Å²) in [7, 11) is 0. The summed E-state index contributed by atoms with van der Waals surface area (Å²) in [6.45, 7) is 1.78. The lowest BCUT2D eigenvalue weighted by Gasteiger charge is -2.16. The van der Waals surface area contributed by atoms with Gasteiger partial charge < -0.3 is 14.4 Å². The average Bonchev–Trinajstić information content (AvgIpc) is 3.56. The van der Waals surface area contributed by atoms with Gasteiger partial charge in [0.1, 0.15) is 23.0 Å². The molecule has 6 rings (SSSR count). The maximum Gasteiger partial charge on any atom is 0.303 e. The van der Waals surface area contributed by atoms with Crippen LogP contribution in [0.3, 0.4) is 0 Å². The standard InChI is InChI=1S/C30H24F2N4O5/c1-30(29-34-22-13-9-19(32)15-25(22)40-29)16-24(35-41-30)17-6-12-21-23(14-17)33-26(4-2-3-5-27(37)38)36(28(21)39)20-10-7-18(31)8-11-20/h6-15H,2-5,16H2,1H3,(H,37,38)/t30-/m1/s1. The van der Waals surface area contributed by atoms with Crippen LogP contribution < -0.4 is 5.56 Å². The first-order valence-corrected chi connectivity index (χ1v) is 13.1. The van der Waals surface area contributed by atoms with Crippen molar-refractivity contribution < 1.29 is 27.9 Å². The third-order valence-corrected chi connectivity index (χ3v) is 7.06. The SMILES string of the molecule is C[C@]1(c2nc3ccc(F)cc3o2)CC(c2ccc3c(=O)n(-c4ccc(F)cc4)c(CCCCC(=O)O)nc3c2)=NO1. The van der Waals surface area contributed by atoms with E-state index in [9.17, 15) is 18.4 Å². The molecule has 3 aromatic carbocycles. The topological polar surface area (TPSA) is 120 Å². The minimum atomic E-state index is -1.02.